The quantitative estimate of drug-likeness (QED) is 0.766. The van der Waals surface area contributed by atoms with Crippen LogP contribution in [0.4, 0.5) is 5.69 Å². The molecular weight excluding hydrogens is 238 g/mol. The smallest absolute Gasteiger partial charge is 0.125 e. The molecule has 2 N–H and O–H groups in total. The number of anilines is 1. The minimum atomic E-state index is 0.502. The second-order valence-corrected chi connectivity index (χ2v) is 5.25. The van der Waals surface area contributed by atoms with Gasteiger partial charge in [-0.15, -0.1) is 0 Å². The fourth-order valence-corrected chi connectivity index (χ4v) is 2.33. The molecule has 0 fully saturated rings. The molecule has 0 aliphatic carbocycles. The summed E-state index contributed by atoms with van der Waals surface area (Å²) in [5, 5.41) is 0. The minimum absolute atomic E-state index is 0.502. The average Bonchev–Trinajstić information content (AvgIpc) is 2.36. The third-order valence-electron chi connectivity index (χ3n) is 3.34. The van der Waals surface area contributed by atoms with Gasteiger partial charge in [0.2, 0.25) is 0 Å². The first-order valence-corrected chi connectivity index (χ1v) is 6.79. The van der Waals surface area contributed by atoms with Crippen molar-refractivity contribution >= 4 is 5.69 Å². The molecule has 0 aromatic heterocycles. The molecule has 0 saturated carbocycles. The summed E-state index contributed by atoms with van der Waals surface area (Å²) in [7, 11) is 5.90. The van der Waals surface area contributed by atoms with E-state index in [1.165, 1.54) is 5.56 Å². The molecule has 108 valence electrons. The molecule has 0 aliphatic rings. The van der Waals surface area contributed by atoms with E-state index < -0.39 is 0 Å². The number of hydrogen-bond donors (Lipinski definition) is 1. The van der Waals surface area contributed by atoms with Crippen molar-refractivity contribution in [1.29, 1.82) is 0 Å². The Kier molecular flexibility index (Phi) is 6.12. The van der Waals surface area contributed by atoms with Crippen molar-refractivity contribution < 1.29 is 4.74 Å². The summed E-state index contributed by atoms with van der Waals surface area (Å²) < 4.78 is 5.42. The monoisotopic (exact) mass is 265 g/mol. The lowest BCUT2D eigenvalue weighted by Gasteiger charge is -2.30. The van der Waals surface area contributed by atoms with Gasteiger partial charge in [0.05, 0.1) is 7.11 Å². The van der Waals surface area contributed by atoms with Crippen LogP contribution in [0.2, 0.25) is 0 Å². The Balaban J connectivity index is 2.80. The first-order valence-electron chi connectivity index (χ1n) is 6.79. The van der Waals surface area contributed by atoms with E-state index in [1.807, 2.05) is 12.1 Å². The van der Waals surface area contributed by atoms with Crippen LogP contribution < -0.4 is 10.5 Å². The Labute approximate surface area is 117 Å². The molecule has 1 rings (SSSR count). The highest BCUT2D eigenvalue weighted by Crippen LogP contribution is 2.23. The molecule has 1 aromatic carbocycles. The van der Waals surface area contributed by atoms with Crippen molar-refractivity contribution in [2.45, 2.75) is 26.4 Å². The van der Waals surface area contributed by atoms with Gasteiger partial charge in [-0.2, -0.15) is 0 Å². The fourth-order valence-electron chi connectivity index (χ4n) is 2.33. The number of ether oxygens (including phenoxy) is 1. The molecule has 0 saturated heterocycles. The van der Waals surface area contributed by atoms with Crippen LogP contribution in [0.15, 0.2) is 18.2 Å². The second kappa shape index (κ2) is 7.36. The van der Waals surface area contributed by atoms with Crippen molar-refractivity contribution in [2.75, 3.05) is 40.0 Å². The number of nitrogens with zero attached hydrogens (tertiary/aromatic N) is 2. The molecule has 1 atom stereocenters. The Morgan fingerprint density at radius 3 is 2.53 bits per heavy atom. The molecule has 0 bridgehead atoms. The lowest BCUT2D eigenvalue weighted by molar-refractivity contribution is 0.172. The summed E-state index contributed by atoms with van der Waals surface area (Å²) in [4.78, 5) is 4.65. The summed E-state index contributed by atoms with van der Waals surface area (Å²) in [6.07, 6.45) is 0. The fraction of sp³-hybridized carbons (Fsp3) is 0.600. The van der Waals surface area contributed by atoms with Gasteiger partial charge >= 0.3 is 0 Å². The van der Waals surface area contributed by atoms with Crippen LogP contribution >= 0.6 is 0 Å². The zero-order valence-electron chi connectivity index (χ0n) is 12.8. The summed E-state index contributed by atoms with van der Waals surface area (Å²) in [5.41, 5.74) is 7.72. The second-order valence-electron chi connectivity index (χ2n) is 5.25. The molecule has 1 aromatic rings. The van der Waals surface area contributed by atoms with E-state index in [4.69, 9.17) is 10.5 Å². The maximum absolute atomic E-state index is 5.79. The Morgan fingerprint density at radius 2 is 2.00 bits per heavy atom. The van der Waals surface area contributed by atoms with E-state index in [9.17, 15) is 0 Å². The molecule has 19 heavy (non-hydrogen) atoms. The summed E-state index contributed by atoms with van der Waals surface area (Å²) in [6.45, 7) is 7.39. The zero-order valence-corrected chi connectivity index (χ0v) is 12.8. The maximum Gasteiger partial charge on any atom is 0.125 e. The van der Waals surface area contributed by atoms with Crippen LogP contribution in [0.5, 0.6) is 5.75 Å². The highest BCUT2D eigenvalue weighted by molar-refractivity contribution is 5.48. The minimum Gasteiger partial charge on any atom is -0.496 e. The first-order chi connectivity index (χ1) is 8.97. The number of nitrogen functional groups attached to an aromatic ring is 1. The summed E-state index contributed by atoms with van der Waals surface area (Å²) in [5.74, 6) is 0.871. The SMILES string of the molecule is CCN(Cc1ccc(N)cc1OC)C(C)CN(C)C. The standard InChI is InChI=1S/C15H27N3O/c1-6-18(12(2)10-17(3)4)11-13-7-8-14(16)9-15(13)19-5/h7-9,12H,6,10-11,16H2,1-5H3. The maximum atomic E-state index is 5.79. The third kappa shape index (κ3) is 4.73. The van der Waals surface area contributed by atoms with Gasteiger partial charge in [-0.25, -0.2) is 0 Å². The van der Waals surface area contributed by atoms with E-state index in [0.717, 1.165) is 31.1 Å². The molecule has 0 aliphatic heterocycles. The predicted octanol–water partition coefficient (Wildman–Crippen LogP) is 2.05. The molecule has 0 heterocycles. The van der Waals surface area contributed by atoms with E-state index in [1.54, 1.807) is 7.11 Å². The lowest BCUT2D eigenvalue weighted by atomic mass is 10.1. The van der Waals surface area contributed by atoms with E-state index in [-0.39, 0.29) is 0 Å². The van der Waals surface area contributed by atoms with Gasteiger partial charge in [0.1, 0.15) is 5.75 Å². The molecule has 4 nitrogen and oxygen atoms in total. The molecule has 0 spiro atoms. The molecule has 0 radical (unpaired) electrons. The van der Waals surface area contributed by atoms with Crippen molar-refractivity contribution in [2.24, 2.45) is 0 Å². The molecule has 1 unspecified atom stereocenters. The van der Waals surface area contributed by atoms with Crippen molar-refractivity contribution in [3.8, 4) is 5.75 Å². The zero-order chi connectivity index (χ0) is 14.4. The van der Waals surface area contributed by atoms with Gasteiger partial charge in [0, 0.05) is 36.4 Å². The van der Waals surface area contributed by atoms with Gasteiger partial charge in [-0.1, -0.05) is 13.0 Å². The Morgan fingerprint density at radius 1 is 1.32 bits per heavy atom. The average molecular weight is 265 g/mol. The molecule has 4 heteroatoms. The van der Waals surface area contributed by atoms with Crippen LogP contribution in [0.1, 0.15) is 19.4 Å². The third-order valence-corrected chi connectivity index (χ3v) is 3.34. The van der Waals surface area contributed by atoms with Crippen molar-refractivity contribution in [3.63, 3.8) is 0 Å². The number of hydrogen-bond acceptors (Lipinski definition) is 4. The molecule has 0 amide bonds. The summed E-state index contributed by atoms with van der Waals surface area (Å²) >= 11 is 0. The number of methoxy groups -OCH3 is 1. The highest BCUT2D eigenvalue weighted by atomic mass is 16.5. The van der Waals surface area contributed by atoms with Gasteiger partial charge in [0.15, 0.2) is 0 Å². The van der Waals surface area contributed by atoms with Gasteiger partial charge in [-0.05, 0) is 33.6 Å². The number of benzene rings is 1. The van der Waals surface area contributed by atoms with Gasteiger partial charge in [-0.3, -0.25) is 4.90 Å². The van der Waals surface area contributed by atoms with Gasteiger partial charge in [0.25, 0.3) is 0 Å². The van der Waals surface area contributed by atoms with Crippen molar-refractivity contribution in [1.82, 2.24) is 9.80 Å². The normalized spacial score (nSPS) is 13.0. The van der Waals surface area contributed by atoms with Crippen LogP contribution in [0.25, 0.3) is 0 Å². The van der Waals surface area contributed by atoms with Gasteiger partial charge < -0.3 is 15.4 Å². The Hall–Kier alpha value is -1.26. The van der Waals surface area contributed by atoms with E-state index in [0.29, 0.717) is 6.04 Å². The van der Waals surface area contributed by atoms with Crippen LogP contribution in [0, 0.1) is 0 Å². The Bertz CT molecular complexity index is 393. The van der Waals surface area contributed by atoms with E-state index >= 15 is 0 Å². The largest absolute Gasteiger partial charge is 0.496 e. The predicted molar refractivity (Wildman–Crippen MR) is 81.5 cm³/mol. The summed E-state index contributed by atoms with van der Waals surface area (Å²) in [6, 6.07) is 6.38. The van der Waals surface area contributed by atoms with Crippen LogP contribution in [-0.4, -0.2) is 50.1 Å². The van der Waals surface area contributed by atoms with Crippen LogP contribution in [-0.2, 0) is 6.54 Å². The molecular formula is C15H27N3O. The number of nitrogens with two attached hydrogens (primary N) is 1. The number of likely N-dealkylation sites (N-methyl/N-ethyl adjacent to an activating group) is 2. The topological polar surface area (TPSA) is 41.7 Å². The van der Waals surface area contributed by atoms with Crippen molar-refractivity contribution in [3.05, 3.63) is 23.8 Å². The first kappa shape index (κ1) is 15.8. The van der Waals surface area contributed by atoms with Crippen LogP contribution in [0.3, 0.4) is 0 Å². The van der Waals surface area contributed by atoms with E-state index in [2.05, 4.69) is 43.8 Å². The number of rotatable bonds is 7. The highest BCUT2D eigenvalue weighted by Gasteiger charge is 2.15. The lowest BCUT2D eigenvalue weighted by Crippen LogP contribution is -2.39.